The van der Waals surface area contributed by atoms with Crippen molar-refractivity contribution in [3.05, 3.63) is 103 Å². The molecule has 2 aliphatic rings. The van der Waals surface area contributed by atoms with Gasteiger partial charge in [-0.15, -0.1) is 0 Å². The first kappa shape index (κ1) is 25.7. The van der Waals surface area contributed by atoms with Gasteiger partial charge in [-0.2, -0.15) is 0 Å². The maximum atomic E-state index is 14.0. The van der Waals surface area contributed by atoms with Gasteiger partial charge in [-0.1, -0.05) is 64.5 Å². The van der Waals surface area contributed by atoms with E-state index < -0.39 is 17.1 Å². The van der Waals surface area contributed by atoms with Gasteiger partial charge in [0.1, 0.15) is 23.4 Å². The van der Waals surface area contributed by atoms with Crippen LogP contribution in [0.4, 0.5) is 5.69 Å². The summed E-state index contributed by atoms with van der Waals surface area (Å²) in [7, 11) is 1.56. The molecule has 10 heteroatoms. The number of fused-ring (bicyclic) bond motifs is 2. The number of aromatic amines is 1. The van der Waals surface area contributed by atoms with Gasteiger partial charge in [-0.05, 0) is 55.0 Å². The van der Waals surface area contributed by atoms with Crippen LogP contribution in [0.1, 0.15) is 27.5 Å². The van der Waals surface area contributed by atoms with E-state index in [-0.39, 0.29) is 16.7 Å². The fourth-order valence-corrected chi connectivity index (χ4v) is 7.76. The molecule has 2 amide bonds. The van der Waals surface area contributed by atoms with Crippen LogP contribution in [0.25, 0.3) is 0 Å². The number of methoxy groups -OCH3 is 1. The Morgan fingerprint density at radius 3 is 2.44 bits per heavy atom. The summed E-state index contributed by atoms with van der Waals surface area (Å²) >= 11 is 8.74. The summed E-state index contributed by atoms with van der Waals surface area (Å²) in [5.41, 5.74) is 3.28. The number of thioether (sulfide) groups is 1. The topological polar surface area (TPSA) is 88.7 Å². The maximum absolute atomic E-state index is 14.0. The van der Waals surface area contributed by atoms with Crippen LogP contribution in [0.2, 0.25) is 5.02 Å². The fourth-order valence-electron chi connectivity index (χ4n) is 5.08. The average molecular weight is 579 g/mol. The van der Waals surface area contributed by atoms with Crippen molar-refractivity contribution >= 4 is 52.2 Å². The Labute approximate surface area is 237 Å². The number of nitrogens with zero attached hydrogens (tertiary/aromatic N) is 1. The summed E-state index contributed by atoms with van der Waals surface area (Å²) in [6.45, 7) is 2.33. The van der Waals surface area contributed by atoms with Gasteiger partial charge in [0.15, 0.2) is 0 Å². The first-order valence-electron chi connectivity index (χ1n) is 12.2. The van der Waals surface area contributed by atoms with Crippen molar-refractivity contribution in [3.63, 3.8) is 0 Å². The number of aromatic nitrogens is 1. The number of hydrogen-bond acceptors (Lipinski definition) is 7. The van der Waals surface area contributed by atoms with Crippen LogP contribution in [0, 0.1) is 12.8 Å². The number of imide groups is 1. The summed E-state index contributed by atoms with van der Waals surface area (Å²) in [6, 6.07) is 20.1. The van der Waals surface area contributed by atoms with E-state index in [1.165, 1.54) is 16.7 Å². The predicted molar refractivity (Wildman–Crippen MR) is 152 cm³/mol. The highest BCUT2D eigenvalue weighted by Crippen LogP contribution is 2.54. The number of carbonyl (C=O) groups excluding carboxylic acids is 2. The van der Waals surface area contributed by atoms with E-state index in [2.05, 4.69) is 4.98 Å². The molecule has 0 radical (unpaired) electrons. The molecule has 1 aromatic heterocycles. The molecule has 0 spiro atoms. The minimum Gasteiger partial charge on any atom is -0.497 e. The Morgan fingerprint density at radius 2 is 1.72 bits per heavy atom. The van der Waals surface area contributed by atoms with E-state index in [1.54, 1.807) is 49.6 Å². The highest BCUT2D eigenvalue weighted by Gasteiger charge is 2.56. The first-order valence-corrected chi connectivity index (χ1v) is 14.3. The van der Waals surface area contributed by atoms with Crippen molar-refractivity contribution in [2.45, 2.75) is 29.7 Å². The molecule has 3 atom stereocenters. The second-order valence-electron chi connectivity index (χ2n) is 9.42. The van der Waals surface area contributed by atoms with Crippen LogP contribution in [-0.2, 0) is 16.2 Å². The van der Waals surface area contributed by atoms with Crippen molar-refractivity contribution in [1.82, 2.24) is 4.98 Å². The first-order chi connectivity index (χ1) is 18.8. The number of aryl methyl sites for hydroxylation is 1. The molecule has 1 N–H and O–H groups in total. The number of ether oxygens (including phenoxy) is 2. The zero-order valence-electron chi connectivity index (χ0n) is 21.0. The minimum absolute atomic E-state index is 0.242. The lowest BCUT2D eigenvalue weighted by atomic mass is 9.82. The van der Waals surface area contributed by atoms with Crippen molar-refractivity contribution in [3.8, 4) is 11.5 Å². The Balaban J connectivity index is 1.43. The number of anilines is 1. The normalized spacial score (nSPS) is 20.1. The smallest absolute Gasteiger partial charge is 0.305 e. The number of amides is 2. The van der Waals surface area contributed by atoms with Crippen LogP contribution in [0.15, 0.2) is 76.6 Å². The summed E-state index contributed by atoms with van der Waals surface area (Å²) in [6.07, 6.45) is 0. The molecule has 0 saturated carbocycles. The van der Waals surface area contributed by atoms with E-state index >= 15 is 0 Å². The number of carbonyl (C=O) groups is 2. The van der Waals surface area contributed by atoms with Gasteiger partial charge in [-0.3, -0.25) is 14.4 Å². The van der Waals surface area contributed by atoms with Gasteiger partial charge in [0.05, 0.1) is 23.7 Å². The van der Waals surface area contributed by atoms with E-state index in [4.69, 9.17) is 21.1 Å². The van der Waals surface area contributed by atoms with Crippen LogP contribution < -0.4 is 19.2 Å². The molecule has 198 valence electrons. The van der Waals surface area contributed by atoms with Gasteiger partial charge in [-0.25, -0.2) is 4.90 Å². The number of nitrogens with one attached hydrogen (secondary N) is 1. The molecule has 3 heterocycles. The number of halogens is 1. The minimum atomic E-state index is -0.747. The van der Waals surface area contributed by atoms with E-state index in [1.807, 2.05) is 31.2 Å². The van der Waals surface area contributed by atoms with Gasteiger partial charge in [0.2, 0.25) is 11.8 Å². The van der Waals surface area contributed by atoms with Gasteiger partial charge >= 0.3 is 4.87 Å². The molecule has 4 aromatic rings. The lowest BCUT2D eigenvalue weighted by Crippen LogP contribution is -2.32. The third kappa shape index (κ3) is 4.64. The van der Waals surface area contributed by atoms with Crippen LogP contribution in [0.5, 0.6) is 11.5 Å². The van der Waals surface area contributed by atoms with E-state index in [9.17, 15) is 14.4 Å². The van der Waals surface area contributed by atoms with E-state index in [0.717, 1.165) is 22.5 Å². The largest absolute Gasteiger partial charge is 0.497 e. The number of rotatable bonds is 6. The lowest BCUT2D eigenvalue weighted by molar-refractivity contribution is -0.122. The van der Waals surface area contributed by atoms with Crippen LogP contribution in [0.3, 0.4) is 0 Å². The molecule has 0 bridgehead atoms. The molecular weight excluding hydrogens is 556 g/mol. The molecule has 7 nitrogen and oxygen atoms in total. The third-order valence-corrected chi connectivity index (χ3v) is 9.61. The van der Waals surface area contributed by atoms with Gasteiger partial charge in [0, 0.05) is 21.4 Å². The quantitative estimate of drug-likeness (QED) is 0.292. The Morgan fingerprint density at radius 1 is 0.974 bits per heavy atom. The molecule has 0 aliphatic carbocycles. The second-order valence-corrected chi connectivity index (χ2v) is 12.0. The summed E-state index contributed by atoms with van der Waals surface area (Å²) in [4.78, 5) is 44.7. The molecule has 1 fully saturated rings. The molecule has 39 heavy (non-hydrogen) atoms. The number of hydrogen-bond donors (Lipinski definition) is 1. The molecule has 2 aliphatic heterocycles. The van der Waals surface area contributed by atoms with Gasteiger partial charge < -0.3 is 14.5 Å². The molecule has 2 unspecified atom stereocenters. The van der Waals surface area contributed by atoms with Crippen molar-refractivity contribution in [1.29, 1.82) is 0 Å². The molecule has 3 aromatic carbocycles. The lowest BCUT2D eigenvalue weighted by Gasteiger charge is -2.31. The predicted octanol–water partition coefficient (Wildman–Crippen LogP) is 5.78. The average Bonchev–Trinajstić information content (AvgIpc) is 3.43. The second kappa shape index (κ2) is 10.2. The number of benzene rings is 3. The summed E-state index contributed by atoms with van der Waals surface area (Å²) in [5, 5.41) is 0.348. The van der Waals surface area contributed by atoms with Crippen molar-refractivity contribution in [2.75, 3.05) is 12.0 Å². The highest BCUT2D eigenvalue weighted by molar-refractivity contribution is 8.00. The standard InChI is InChI=1S/C29H23ClN2O5S2/c1-15-3-5-16(6-4-15)14-37-21-12-7-17(30)13-20(21)22-23-25(38-26-24(22)39-29(35)31-26)28(34)32(27(23)33)18-8-10-19(36-2)11-9-18/h3-13,22-23,25H,14H2,1-2H3,(H,31,35)/t22-,23?,25?/m1/s1. The summed E-state index contributed by atoms with van der Waals surface area (Å²) < 4.78 is 11.5. The molecular formula is C29H23ClN2O5S2. The Kier molecular flexibility index (Phi) is 6.74. The number of H-pyrrole nitrogens is 1. The Bertz CT molecular complexity index is 1630. The third-order valence-electron chi connectivity index (χ3n) is 6.98. The van der Waals surface area contributed by atoms with Crippen LogP contribution in [-0.4, -0.2) is 29.2 Å². The number of thiazole rings is 1. The van der Waals surface area contributed by atoms with Crippen molar-refractivity contribution < 1.29 is 19.1 Å². The van der Waals surface area contributed by atoms with Crippen molar-refractivity contribution in [2.24, 2.45) is 5.92 Å². The van der Waals surface area contributed by atoms with Crippen LogP contribution >= 0.6 is 34.7 Å². The SMILES string of the molecule is COc1ccc(N2C(=O)C3Sc4[nH]c(=O)sc4[C@H](c4cc(Cl)ccc4OCc4ccc(C)cc4)C3C2=O)cc1. The fraction of sp³-hybridized carbons (Fsp3) is 0.207. The van der Waals surface area contributed by atoms with Gasteiger partial charge in [0.25, 0.3) is 0 Å². The maximum Gasteiger partial charge on any atom is 0.305 e. The zero-order valence-corrected chi connectivity index (χ0v) is 23.4. The van der Waals surface area contributed by atoms with E-state index in [0.29, 0.717) is 44.3 Å². The Hall–Kier alpha value is -3.53. The summed E-state index contributed by atoms with van der Waals surface area (Å²) in [5.74, 6) is -0.830. The highest BCUT2D eigenvalue weighted by atomic mass is 35.5. The molecule has 6 rings (SSSR count). The molecule has 1 saturated heterocycles. The zero-order chi connectivity index (χ0) is 27.3. The monoisotopic (exact) mass is 578 g/mol.